The van der Waals surface area contributed by atoms with Crippen LogP contribution in [-0.4, -0.2) is 115 Å². The lowest BCUT2D eigenvalue weighted by Crippen LogP contribution is -2.67. The molecule has 0 unspecified atom stereocenters. The number of aliphatic hydroxyl groups is 8. The molecule has 0 aromatic heterocycles. The number of ether oxygens (including phenoxy) is 3. The van der Waals surface area contributed by atoms with E-state index >= 15 is 0 Å². The highest BCUT2D eigenvalue weighted by molar-refractivity contribution is 5.16. The van der Waals surface area contributed by atoms with Crippen molar-refractivity contribution < 1.29 is 55.1 Å². The van der Waals surface area contributed by atoms with Crippen LogP contribution in [0, 0.1) is 0 Å². The molecule has 176 valence electrons. The summed E-state index contributed by atoms with van der Waals surface area (Å²) in [5.41, 5.74) is -1.27. The standard InChI is InChI=1S/C20H30O11/c21-8-11-13(22)15(24)16(25)18(30-11)29-9-12-14(23)17(26)20(28,19(27)31-12)7-6-10-4-2-1-3-5-10/h1-5,11-19,21-28H,6-9H2/t11-,12-,13-,14-,15+,16-,17+,18-,19-,20-/m1/s1. The zero-order valence-electron chi connectivity index (χ0n) is 16.7. The van der Waals surface area contributed by atoms with Gasteiger partial charge in [0, 0.05) is 0 Å². The van der Waals surface area contributed by atoms with Gasteiger partial charge >= 0.3 is 0 Å². The summed E-state index contributed by atoms with van der Waals surface area (Å²) < 4.78 is 15.8. The van der Waals surface area contributed by atoms with Gasteiger partial charge in [-0.3, -0.25) is 0 Å². The van der Waals surface area contributed by atoms with Crippen LogP contribution in [0.3, 0.4) is 0 Å². The topological polar surface area (TPSA) is 190 Å². The molecule has 0 saturated carbocycles. The summed E-state index contributed by atoms with van der Waals surface area (Å²) >= 11 is 0. The molecule has 11 nitrogen and oxygen atoms in total. The van der Waals surface area contributed by atoms with Crippen molar-refractivity contribution in [1.82, 2.24) is 0 Å². The highest BCUT2D eigenvalue weighted by Gasteiger charge is 2.54. The third-order valence-electron chi connectivity index (χ3n) is 5.88. The van der Waals surface area contributed by atoms with E-state index in [2.05, 4.69) is 0 Å². The van der Waals surface area contributed by atoms with Crippen LogP contribution >= 0.6 is 0 Å². The maximum Gasteiger partial charge on any atom is 0.186 e. The SMILES string of the molecule is OC[C@H]1O[C@@H](OC[C@H]2O[C@@H](O)[C@@](O)(CCc3ccccc3)[C@@H](O)[C@@H]2O)[C@H](O)[C@@H](O)[C@@H]1O. The minimum Gasteiger partial charge on any atom is -0.394 e. The number of rotatable bonds is 7. The van der Waals surface area contributed by atoms with Crippen LogP contribution < -0.4 is 0 Å². The van der Waals surface area contributed by atoms with Crippen LogP contribution in [0.5, 0.6) is 0 Å². The molecule has 11 heteroatoms. The Morgan fingerprint density at radius 1 is 0.839 bits per heavy atom. The molecule has 2 aliphatic heterocycles. The molecule has 0 aliphatic carbocycles. The highest BCUT2D eigenvalue weighted by Crippen LogP contribution is 2.33. The molecular formula is C20H30O11. The van der Waals surface area contributed by atoms with E-state index in [1.165, 1.54) is 0 Å². The Labute approximate surface area is 178 Å². The zero-order valence-corrected chi connectivity index (χ0v) is 16.7. The first-order chi connectivity index (χ1) is 14.7. The fraction of sp³-hybridized carbons (Fsp3) is 0.700. The van der Waals surface area contributed by atoms with Crippen LogP contribution in [0.4, 0.5) is 0 Å². The summed E-state index contributed by atoms with van der Waals surface area (Å²) in [6, 6.07) is 9.09. The molecule has 0 radical (unpaired) electrons. The van der Waals surface area contributed by atoms with Gasteiger partial charge in [-0.2, -0.15) is 0 Å². The maximum atomic E-state index is 10.8. The van der Waals surface area contributed by atoms with Crippen LogP contribution in [0.25, 0.3) is 0 Å². The molecule has 2 heterocycles. The number of aliphatic hydroxyl groups excluding tert-OH is 7. The normalized spacial score (nSPS) is 43.7. The van der Waals surface area contributed by atoms with E-state index in [0.29, 0.717) is 6.42 Å². The van der Waals surface area contributed by atoms with Gasteiger partial charge in [0.1, 0.15) is 48.3 Å². The Hall–Kier alpha value is -1.22. The molecule has 0 spiro atoms. The summed E-state index contributed by atoms with van der Waals surface area (Å²) in [6.07, 6.45) is -13.8. The predicted octanol–water partition coefficient (Wildman–Crippen LogP) is -3.39. The van der Waals surface area contributed by atoms with Crippen molar-refractivity contribution in [3.8, 4) is 0 Å². The molecule has 2 saturated heterocycles. The monoisotopic (exact) mass is 446 g/mol. The van der Waals surface area contributed by atoms with Gasteiger partial charge in [0.25, 0.3) is 0 Å². The first-order valence-corrected chi connectivity index (χ1v) is 10.1. The summed E-state index contributed by atoms with van der Waals surface area (Å²) in [5.74, 6) is 0. The molecule has 1 aromatic rings. The van der Waals surface area contributed by atoms with Crippen molar-refractivity contribution in [2.24, 2.45) is 0 Å². The third kappa shape index (κ3) is 5.07. The molecule has 3 rings (SSSR count). The maximum absolute atomic E-state index is 10.8. The molecule has 1 aromatic carbocycles. The Bertz CT molecular complexity index is 689. The largest absolute Gasteiger partial charge is 0.394 e. The molecule has 31 heavy (non-hydrogen) atoms. The summed E-state index contributed by atoms with van der Waals surface area (Å²) in [7, 11) is 0. The molecule has 2 aliphatic rings. The molecule has 2 fully saturated rings. The van der Waals surface area contributed by atoms with E-state index < -0.39 is 74.1 Å². The van der Waals surface area contributed by atoms with E-state index in [1.807, 2.05) is 30.3 Å². The molecule has 10 atom stereocenters. The van der Waals surface area contributed by atoms with Crippen LogP contribution in [0.1, 0.15) is 12.0 Å². The average Bonchev–Trinajstić information content (AvgIpc) is 2.78. The Balaban J connectivity index is 1.59. The van der Waals surface area contributed by atoms with E-state index in [-0.39, 0.29) is 6.42 Å². The second kappa shape index (κ2) is 10.1. The molecule has 0 bridgehead atoms. The van der Waals surface area contributed by atoms with Gasteiger partial charge in [-0.25, -0.2) is 0 Å². The van der Waals surface area contributed by atoms with Crippen LogP contribution in [0.15, 0.2) is 30.3 Å². The van der Waals surface area contributed by atoms with E-state index in [4.69, 9.17) is 14.2 Å². The summed E-state index contributed by atoms with van der Waals surface area (Å²) in [5, 5.41) is 80.8. The number of hydrogen-bond acceptors (Lipinski definition) is 11. The van der Waals surface area contributed by atoms with Crippen molar-refractivity contribution in [2.75, 3.05) is 13.2 Å². The smallest absolute Gasteiger partial charge is 0.186 e. The lowest BCUT2D eigenvalue weighted by atomic mass is 9.82. The van der Waals surface area contributed by atoms with Gasteiger partial charge < -0.3 is 55.1 Å². The number of hydrogen-bond donors (Lipinski definition) is 8. The van der Waals surface area contributed by atoms with E-state index in [0.717, 1.165) is 5.56 Å². The second-order valence-corrected chi connectivity index (χ2v) is 7.97. The molecule has 0 amide bonds. The van der Waals surface area contributed by atoms with Crippen molar-refractivity contribution in [3.05, 3.63) is 35.9 Å². The lowest BCUT2D eigenvalue weighted by Gasteiger charge is -2.47. The summed E-state index contributed by atoms with van der Waals surface area (Å²) in [6.45, 7) is -1.13. The minimum atomic E-state index is -2.13. The van der Waals surface area contributed by atoms with Gasteiger partial charge in [-0.1, -0.05) is 30.3 Å². The lowest BCUT2D eigenvalue weighted by molar-refractivity contribution is -0.347. The second-order valence-electron chi connectivity index (χ2n) is 7.97. The Morgan fingerprint density at radius 3 is 2.16 bits per heavy atom. The first kappa shape index (κ1) is 24.4. The zero-order chi connectivity index (χ0) is 22.8. The van der Waals surface area contributed by atoms with Crippen molar-refractivity contribution in [2.45, 2.75) is 73.8 Å². The van der Waals surface area contributed by atoms with Crippen LogP contribution in [0.2, 0.25) is 0 Å². The van der Waals surface area contributed by atoms with Gasteiger partial charge in [-0.05, 0) is 18.4 Å². The Morgan fingerprint density at radius 2 is 1.52 bits per heavy atom. The Kier molecular flexibility index (Phi) is 8.00. The average molecular weight is 446 g/mol. The van der Waals surface area contributed by atoms with Crippen LogP contribution in [-0.2, 0) is 20.6 Å². The number of aryl methyl sites for hydroxylation is 1. The fourth-order valence-electron chi connectivity index (χ4n) is 3.80. The van der Waals surface area contributed by atoms with E-state index in [1.54, 1.807) is 0 Å². The van der Waals surface area contributed by atoms with Gasteiger partial charge in [0.2, 0.25) is 0 Å². The fourth-order valence-corrected chi connectivity index (χ4v) is 3.80. The molecular weight excluding hydrogens is 416 g/mol. The highest BCUT2D eigenvalue weighted by atomic mass is 16.7. The first-order valence-electron chi connectivity index (χ1n) is 10.1. The van der Waals surface area contributed by atoms with E-state index in [9.17, 15) is 40.9 Å². The van der Waals surface area contributed by atoms with Crippen molar-refractivity contribution in [3.63, 3.8) is 0 Å². The third-order valence-corrected chi connectivity index (χ3v) is 5.88. The van der Waals surface area contributed by atoms with Gasteiger partial charge in [0.15, 0.2) is 12.6 Å². The predicted molar refractivity (Wildman–Crippen MR) is 102 cm³/mol. The minimum absolute atomic E-state index is 0.0866. The van der Waals surface area contributed by atoms with Gasteiger partial charge in [-0.15, -0.1) is 0 Å². The molecule has 8 N–H and O–H groups in total. The quantitative estimate of drug-likeness (QED) is 0.208. The van der Waals surface area contributed by atoms with Gasteiger partial charge in [0.05, 0.1) is 13.2 Å². The van der Waals surface area contributed by atoms with Crippen molar-refractivity contribution in [1.29, 1.82) is 0 Å². The summed E-state index contributed by atoms with van der Waals surface area (Å²) in [4.78, 5) is 0. The number of benzene rings is 1. The van der Waals surface area contributed by atoms with Crippen molar-refractivity contribution >= 4 is 0 Å².